The van der Waals surface area contributed by atoms with Crippen molar-refractivity contribution < 1.29 is 13.2 Å². The second kappa shape index (κ2) is 6.67. The Hall–Kier alpha value is -1.69. The molecular formula is C19H23NO3S. The smallest absolute Gasteiger partial charge is 0.243 e. The van der Waals surface area contributed by atoms with Crippen molar-refractivity contribution in [1.82, 2.24) is 4.31 Å². The standard InChI is InChI=1S/C19H23NO3S/c1-14-11-15(2)19(16(3)12-14)24(21,22)20-9-10-23-18(13-20)17-7-5-4-6-8-17/h4-8,11-12,18H,9-10,13H2,1-3H3. The van der Waals surface area contributed by atoms with Crippen molar-refractivity contribution >= 4 is 10.0 Å². The molecule has 0 amide bonds. The highest BCUT2D eigenvalue weighted by molar-refractivity contribution is 7.89. The fourth-order valence-corrected chi connectivity index (χ4v) is 5.25. The Labute approximate surface area is 144 Å². The van der Waals surface area contributed by atoms with Crippen molar-refractivity contribution in [2.75, 3.05) is 19.7 Å². The van der Waals surface area contributed by atoms with E-state index in [9.17, 15) is 8.42 Å². The van der Waals surface area contributed by atoms with Crippen LogP contribution in [0, 0.1) is 20.8 Å². The summed E-state index contributed by atoms with van der Waals surface area (Å²) in [6.45, 7) is 6.85. The van der Waals surface area contributed by atoms with E-state index in [1.165, 1.54) is 0 Å². The molecule has 0 bridgehead atoms. The highest BCUT2D eigenvalue weighted by Gasteiger charge is 2.33. The average Bonchev–Trinajstić information content (AvgIpc) is 2.54. The molecule has 1 aliphatic heterocycles. The first-order valence-corrected chi connectivity index (χ1v) is 9.58. The van der Waals surface area contributed by atoms with E-state index in [0.29, 0.717) is 24.6 Å². The maximum atomic E-state index is 13.2. The predicted octanol–water partition coefficient (Wildman–Crippen LogP) is 3.37. The zero-order valence-corrected chi connectivity index (χ0v) is 15.1. The molecule has 0 radical (unpaired) electrons. The molecule has 1 atom stereocenters. The van der Waals surface area contributed by atoms with Gasteiger partial charge in [-0.2, -0.15) is 4.31 Å². The highest BCUT2D eigenvalue weighted by atomic mass is 32.2. The summed E-state index contributed by atoms with van der Waals surface area (Å²) in [5, 5.41) is 0. The number of hydrogen-bond acceptors (Lipinski definition) is 3. The number of nitrogens with zero attached hydrogens (tertiary/aromatic N) is 1. The Morgan fingerprint density at radius 2 is 1.67 bits per heavy atom. The third-order valence-electron chi connectivity index (χ3n) is 4.40. The summed E-state index contributed by atoms with van der Waals surface area (Å²) in [6.07, 6.45) is -0.221. The van der Waals surface area contributed by atoms with E-state index < -0.39 is 10.0 Å². The molecule has 4 nitrogen and oxygen atoms in total. The molecule has 5 heteroatoms. The van der Waals surface area contributed by atoms with Gasteiger partial charge in [0, 0.05) is 13.1 Å². The van der Waals surface area contributed by atoms with Crippen molar-refractivity contribution in [2.24, 2.45) is 0 Å². The summed E-state index contributed by atoms with van der Waals surface area (Å²) < 4.78 is 33.7. The van der Waals surface area contributed by atoms with Crippen LogP contribution in [-0.4, -0.2) is 32.4 Å². The first-order valence-electron chi connectivity index (χ1n) is 8.14. The lowest BCUT2D eigenvalue weighted by Crippen LogP contribution is -2.42. The number of ether oxygens (including phenoxy) is 1. The van der Waals surface area contributed by atoms with Gasteiger partial charge in [-0.1, -0.05) is 48.0 Å². The van der Waals surface area contributed by atoms with Gasteiger partial charge in [-0.05, 0) is 37.5 Å². The van der Waals surface area contributed by atoms with Crippen LogP contribution in [-0.2, 0) is 14.8 Å². The summed E-state index contributed by atoms with van der Waals surface area (Å²) in [5.41, 5.74) is 3.69. The van der Waals surface area contributed by atoms with Gasteiger partial charge in [0.25, 0.3) is 0 Å². The zero-order chi connectivity index (χ0) is 17.3. The monoisotopic (exact) mass is 345 g/mol. The average molecular weight is 345 g/mol. The van der Waals surface area contributed by atoms with Gasteiger partial charge in [0.15, 0.2) is 0 Å². The Morgan fingerprint density at radius 3 is 2.29 bits per heavy atom. The largest absolute Gasteiger partial charge is 0.371 e. The van der Waals surface area contributed by atoms with Crippen molar-refractivity contribution in [3.8, 4) is 0 Å². The SMILES string of the molecule is Cc1cc(C)c(S(=O)(=O)N2CCOC(c3ccccc3)C2)c(C)c1. The van der Waals surface area contributed by atoms with Crippen LogP contribution in [0.5, 0.6) is 0 Å². The quantitative estimate of drug-likeness (QED) is 0.857. The van der Waals surface area contributed by atoms with Crippen molar-refractivity contribution in [3.63, 3.8) is 0 Å². The summed E-state index contributed by atoms with van der Waals surface area (Å²) in [5.74, 6) is 0. The second-order valence-electron chi connectivity index (χ2n) is 6.36. The lowest BCUT2D eigenvalue weighted by atomic mass is 10.1. The van der Waals surface area contributed by atoms with Crippen LogP contribution in [0.25, 0.3) is 0 Å². The molecule has 1 saturated heterocycles. The van der Waals surface area contributed by atoms with Crippen LogP contribution in [0.1, 0.15) is 28.4 Å². The molecule has 128 valence electrons. The molecule has 1 unspecified atom stereocenters. The van der Waals surface area contributed by atoms with Crippen LogP contribution in [0.3, 0.4) is 0 Å². The Kier molecular flexibility index (Phi) is 4.76. The number of morpholine rings is 1. The number of aryl methyl sites for hydroxylation is 3. The summed E-state index contributed by atoms with van der Waals surface area (Å²) in [4.78, 5) is 0.432. The molecule has 2 aromatic carbocycles. The topological polar surface area (TPSA) is 46.6 Å². The van der Waals surface area contributed by atoms with Crippen molar-refractivity contribution in [3.05, 3.63) is 64.7 Å². The molecule has 2 aromatic rings. The second-order valence-corrected chi connectivity index (χ2v) is 8.24. The zero-order valence-electron chi connectivity index (χ0n) is 14.3. The van der Waals surface area contributed by atoms with Crippen molar-refractivity contribution in [1.29, 1.82) is 0 Å². The molecule has 0 N–H and O–H groups in total. The van der Waals surface area contributed by atoms with E-state index in [2.05, 4.69) is 0 Å². The fraction of sp³-hybridized carbons (Fsp3) is 0.368. The fourth-order valence-electron chi connectivity index (χ4n) is 3.42. The lowest BCUT2D eigenvalue weighted by Gasteiger charge is -2.33. The Balaban J connectivity index is 1.93. The van der Waals surface area contributed by atoms with Gasteiger partial charge in [-0.15, -0.1) is 0 Å². The van der Waals surface area contributed by atoms with Gasteiger partial charge in [-0.25, -0.2) is 8.42 Å². The van der Waals surface area contributed by atoms with Gasteiger partial charge in [-0.3, -0.25) is 0 Å². The number of hydrogen-bond donors (Lipinski definition) is 0. The number of sulfonamides is 1. The van der Waals surface area contributed by atoms with Crippen LogP contribution in [0.2, 0.25) is 0 Å². The van der Waals surface area contributed by atoms with E-state index in [1.54, 1.807) is 4.31 Å². The van der Waals surface area contributed by atoms with Crippen LogP contribution >= 0.6 is 0 Å². The van der Waals surface area contributed by atoms with E-state index in [0.717, 1.165) is 22.3 Å². The van der Waals surface area contributed by atoms with Crippen LogP contribution in [0.15, 0.2) is 47.4 Å². The molecule has 1 aliphatic rings. The highest BCUT2D eigenvalue weighted by Crippen LogP contribution is 2.29. The van der Waals surface area contributed by atoms with Gasteiger partial charge in [0.05, 0.1) is 17.6 Å². The molecule has 0 spiro atoms. The molecule has 0 saturated carbocycles. The predicted molar refractivity (Wildman–Crippen MR) is 94.5 cm³/mol. The number of rotatable bonds is 3. The number of benzene rings is 2. The third kappa shape index (κ3) is 3.24. The minimum absolute atomic E-state index is 0.221. The maximum absolute atomic E-state index is 13.2. The Morgan fingerprint density at radius 1 is 1.04 bits per heavy atom. The van der Waals surface area contributed by atoms with E-state index in [4.69, 9.17) is 4.74 Å². The lowest BCUT2D eigenvalue weighted by molar-refractivity contribution is -0.00257. The first kappa shape index (κ1) is 17.1. The molecular weight excluding hydrogens is 322 g/mol. The van der Waals surface area contributed by atoms with Crippen LogP contribution in [0.4, 0.5) is 0 Å². The van der Waals surface area contributed by atoms with E-state index in [-0.39, 0.29) is 6.10 Å². The molecule has 0 aliphatic carbocycles. The van der Waals surface area contributed by atoms with E-state index >= 15 is 0 Å². The normalized spacial score (nSPS) is 19.4. The summed E-state index contributed by atoms with van der Waals surface area (Å²) >= 11 is 0. The van der Waals surface area contributed by atoms with Crippen molar-refractivity contribution in [2.45, 2.75) is 31.8 Å². The summed E-state index contributed by atoms with van der Waals surface area (Å²) in [6, 6.07) is 13.6. The molecule has 3 rings (SSSR count). The van der Waals surface area contributed by atoms with Gasteiger partial charge < -0.3 is 4.74 Å². The Bertz CT molecular complexity index is 808. The minimum Gasteiger partial charge on any atom is -0.371 e. The van der Waals surface area contributed by atoms with Gasteiger partial charge >= 0.3 is 0 Å². The van der Waals surface area contributed by atoms with Gasteiger partial charge in [0.2, 0.25) is 10.0 Å². The molecule has 1 heterocycles. The van der Waals surface area contributed by atoms with Crippen LogP contribution < -0.4 is 0 Å². The molecule has 0 aromatic heterocycles. The molecule has 1 fully saturated rings. The van der Waals surface area contributed by atoms with E-state index in [1.807, 2.05) is 63.2 Å². The molecule has 24 heavy (non-hydrogen) atoms. The van der Waals surface area contributed by atoms with Gasteiger partial charge in [0.1, 0.15) is 0 Å². The summed E-state index contributed by atoms with van der Waals surface area (Å²) in [7, 11) is -3.53. The maximum Gasteiger partial charge on any atom is 0.243 e. The third-order valence-corrected chi connectivity index (χ3v) is 6.57. The minimum atomic E-state index is -3.53. The first-order chi connectivity index (χ1) is 11.4.